The van der Waals surface area contributed by atoms with Crippen LogP contribution in [0.1, 0.15) is 16.5 Å². The molecule has 0 bridgehead atoms. The molecule has 1 aromatic carbocycles. The third-order valence-corrected chi connectivity index (χ3v) is 4.00. The highest BCUT2D eigenvalue weighted by atomic mass is 35.5. The van der Waals surface area contributed by atoms with E-state index in [1.807, 2.05) is 31.2 Å². The van der Waals surface area contributed by atoms with Crippen molar-refractivity contribution >= 4 is 19.4 Å². The normalized spacial score (nSPS) is 13.6. The Bertz CT molecular complexity index is 385. The Balaban J connectivity index is 2.58. The minimum Gasteiger partial charge on any atom is -0.290 e. The molecule has 1 atom stereocenters. The van der Waals surface area contributed by atoms with Crippen LogP contribution >= 0.6 is 19.4 Å². The predicted molar refractivity (Wildman–Crippen MR) is 67.3 cm³/mol. The standard InChI is InChI=1S/C11H16ClO4P/c1-9-4-6-10(7-5-9)11(12)8-16-17(13,14-2)15-3/h4-7,11H,8H2,1-3H3/t11-/m1/s1. The quantitative estimate of drug-likeness (QED) is 0.588. The van der Waals surface area contributed by atoms with Gasteiger partial charge in [0.25, 0.3) is 0 Å². The van der Waals surface area contributed by atoms with Gasteiger partial charge in [-0.3, -0.25) is 13.6 Å². The van der Waals surface area contributed by atoms with Crippen molar-refractivity contribution in [2.24, 2.45) is 0 Å². The molecule has 17 heavy (non-hydrogen) atoms. The number of aryl methyl sites for hydroxylation is 1. The summed E-state index contributed by atoms with van der Waals surface area (Å²) >= 11 is 6.12. The van der Waals surface area contributed by atoms with Crippen LogP contribution in [0.25, 0.3) is 0 Å². The maximum atomic E-state index is 11.6. The van der Waals surface area contributed by atoms with Gasteiger partial charge in [0.1, 0.15) is 0 Å². The third kappa shape index (κ3) is 4.41. The lowest BCUT2D eigenvalue weighted by molar-refractivity contribution is 0.152. The van der Waals surface area contributed by atoms with Gasteiger partial charge in [0.05, 0.1) is 12.0 Å². The number of hydrogen-bond acceptors (Lipinski definition) is 4. The second-order valence-corrected chi connectivity index (χ2v) is 5.90. The fourth-order valence-electron chi connectivity index (χ4n) is 1.21. The van der Waals surface area contributed by atoms with Crippen molar-refractivity contribution < 1.29 is 18.1 Å². The molecule has 0 saturated carbocycles. The average molecular weight is 279 g/mol. The fourth-order valence-corrected chi connectivity index (χ4v) is 2.20. The van der Waals surface area contributed by atoms with Crippen molar-refractivity contribution in [3.8, 4) is 0 Å². The lowest BCUT2D eigenvalue weighted by atomic mass is 10.1. The van der Waals surface area contributed by atoms with Crippen molar-refractivity contribution in [2.45, 2.75) is 12.3 Å². The van der Waals surface area contributed by atoms with Crippen LogP contribution in [0.2, 0.25) is 0 Å². The minimum absolute atomic E-state index is 0.0591. The molecule has 96 valence electrons. The average Bonchev–Trinajstić information content (AvgIpc) is 2.36. The van der Waals surface area contributed by atoms with Crippen LogP contribution in [0.3, 0.4) is 0 Å². The first-order valence-electron chi connectivity index (χ1n) is 5.07. The highest BCUT2D eigenvalue weighted by Gasteiger charge is 2.24. The number of alkyl halides is 1. The monoisotopic (exact) mass is 278 g/mol. The van der Waals surface area contributed by atoms with Crippen LogP contribution in [0.15, 0.2) is 24.3 Å². The summed E-state index contributed by atoms with van der Waals surface area (Å²) in [4.78, 5) is 0. The van der Waals surface area contributed by atoms with E-state index in [-0.39, 0.29) is 6.61 Å². The predicted octanol–water partition coefficient (Wildman–Crippen LogP) is 3.69. The topological polar surface area (TPSA) is 44.8 Å². The number of phosphoric ester groups is 1. The Labute approximate surface area is 106 Å². The second kappa shape index (κ2) is 6.53. The number of rotatable bonds is 6. The third-order valence-electron chi connectivity index (χ3n) is 2.27. The molecule has 0 radical (unpaired) electrons. The zero-order valence-electron chi connectivity index (χ0n) is 10.1. The van der Waals surface area contributed by atoms with Gasteiger partial charge in [-0.05, 0) is 12.5 Å². The molecule has 0 fully saturated rings. The van der Waals surface area contributed by atoms with Gasteiger partial charge in [-0.2, -0.15) is 0 Å². The fraction of sp³-hybridized carbons (Fsp3) is 0.455. The Hall–Kier alpha value is -0.380. The molecule has 0 aromatic heterocycles. The summed E-state index contributed by atoms with van der Waals surface area (Å²) in [7, 11) is -0.923. The van der Waals surface area contributed by atoms with Crippen LogP contribution in [-0.2, 0) is 18.1 Å². The van der Waals surface area contributed by atoms with Crippen LogP contribution in [0.5, 0.6) is 0 Å². The molecule has 0 unspecified atom stereocenters. The van der Waals surface area contributed by atoms with E-state index >= 15 is 0 Å². The lowest BCUT2D eigenvalue weighted by Crippen LogP contribution is -2.03. The Morgan fingerprint density at radius 1 is 1.24 bits per heavy atom. The Kier molecular flexibility index (Phi) is 5.63. The summed E-state index contributed by atoms with van der Waals surface area (Å²) in [5.41, 5.74) is 2.05. The summed E-state index contributed by atoms with van der Waals surface area (Å²) in [5.74, 6) is 0. The van der Waals surface area contributed by atoms with Crippen LogP contribution in [0, 0.1) is 6.92 Å². The summed E-state index contributed by atoms with van der Waals surface area (Å²) in [6.45, 7) is 2.05. The molecule has 0 N–H and O–H groups in total. The Morgan fingerprint density at radius 3 is 2.24 bits per heavy atom. The summed E-state index contributed by atoms with van der Waals surface area (Å²) < 4.78 is 26.0. The first-order valence-corrected chi connectivity index (χ1v) is 6.97. The Morgan fingerprint density at radius 2 is 1.76 bits per heavy atom. The molecule has 0 aliphatic rings. The summed E-state index contributed by atoms with van der Waals surface area (Å²) in [6.07, 6.45) is 0. The van der Waals surface area contributed by atoms with E-state index in [1.165, 1.54) is 14.2 Å². The maximum absolute atomic E-state index is 11.6. The van der Waals surface area contributed by atoms with Gasteiger partial charge in [0.15, 0.2) is 0 Å². The molecule has 0 heterocycles. The SMILES string of the molecule is COP(=O)(OC)OC[C@@H](Cl)c1ccc(C)cc1. The number of halogens is 1. The molecule has 0 amide bonds. The van der Waals surface area contributed by atoms with Crippen molar-refractivity contribution in [3.63, 3.8) is 0 Å². The van der Waals surface area contributed by atoms with Gasteiger partial charge in [0, 0.05) is 14.2 Å². The van der Waals surface area contributed by atoms with Crippen molar-refractivity contribution in [1.82, 2.24) is 0 Å². The first-order chi connectivity index (χ1) is 8.00. The minimum atomic E-state index is -3.45. The highest BCUT2D eigenvalue weighted by molar-refractivity contribution is 7.48. The van der Waals surface area contributed by atoms with Crippen LogP contribution in [0.4, 0.5) is 0 Å². The molecule has 0 aliphatic heterocycles. The van der Waals surface area contributed by atoms with Crippen LogP contribution in [-0.4, -0.2) is 20.8 Å². The number of benzene rings is 1. The van der Waals surface area contributed by atoms with E-state index in [0.717, 1.165) is 11.1 Å². The van der Waals surface area contributed by atoms with E-state index in [1.54, 1.807) is 0 Å². The van der Waals surface area contributed by atoms with E-state index < -0.39 is 13.2 Å². The zero-order chi connectivity index (χ0) is 12.9. The summed E-state index contributed by atoms with van der Waals surface area (Å²) in [5, 5.41) is -0.394. The van der Waals surface area contributed by atoms with E-state index in [9.17, 15) is 4.57 Å². The van der Waals surface area contributed by atoms with E-state index in [4.69, 9.17) is 16.1 Å². The van der Waals surface area contributed by atoms with Gasteiger partial charge in [-0.1, -0.05) is 29.8 Å². The second-order valence-electron chi connectivity index (χ2n) is 3.49. The molecule has 1 aromatic rings. The number of phosphoric acid groups is 1. The molecule has 4 nitrogen and oxygen atoms in total. The molecule has 0 spiro atoms. The smallest absolute Gasteiger partial charge is 0.290 e. The molecule has 0 saturated heterocycles. The molecule has 1 rings (SSSR count). The van der Waals surface area contributed by atoms with Gasteiger partial charge in [-0.15, -0.1) is 11.6 Å². The van der Waals surface area contributed by atoms with Gasteiger partial charge < -0.3 is 0 Å². The first kappa shape index (κ1) is 14.7. The van der Waals surface area contributed by atoms with Crippen molar-refractivity contribution in [3.05, 3.63) is 35.4 Å². The highest BCUT2D eigenvalue weighted by Crippen LogP contribution is 2.48. The lowest BCUT2D eigenvalue weighted by Gasteiger charge is -2.16. The molecular weight excluding hydrogens is 263 g/mol. The zero-order valence-corrected chi connectivity index (χ0v) is 11.7. The van der Waals surface area contributed by atoms with Crippen molar-refractivity contribution in [1.29, 1.82) is 0 Å². The van der Waals surface area contributed by atoms with E-state index in [2.05, 4.69) is 9.05 Å². The van der Waals surface area contributed by atoms with Crippen LogP contribution < -0.4 is 0 Å². The van der Waals surface area contributed by atoms with Gasteiger partial charge in [0.2, 0.25) is 0 Å². The van der Waals surface area contributed by atoms with E-state index in [0.29, 0.717) is 0 Å². The summed E-state index contributed by atoms with van der Waals surface area (Å²) in [6, 6.07) is 7.72. The van der Waals surface area contributed by atoms with Gasteiger partial charge in [-0.25, -0.2) is 4.57 Å². The van der Waals surface area contributed by atoms with Gasteiger partial charge >= 0.3 is 7.82 Å². The molecule has 6 heteroatoms. The van der Waals surface area contributed by atoms with Crippen molar-refractivity contribution in [2.75, 3.05) is 20.8 Å². The maximum Gasteiger partial charge on any atom is 0.474 e. The number of hydrogen-bond donors (Lipinski definition) is 0. The molecular formula is C11H16ClO4P. The largest absolute Gasteiger partial charge is 0.474 e. The molecule has 0 aliphatic carbocycles.